The number of aromatic hydroxyl groups is 1. The highest BCUT2D eigenvalue weighted by Gasteiger charge is 1.90. The van der Waals surface area contributed by atoms with Crippen molar-refractivity contribution < 1.29 is 9.90 Å². The van der Waals surface area contributed by atoms with E-state index in [4.69, 9.17) is 5.11 Å². The van der Waals surface area contributed by atoms with Crippen LogP contribution in [0.15, 0.2) is 18.5 Å². The fraction of sp³-hybridized carbons (Fsp3) is 0.273. The summed E-state index contributed by atoms with van der Waals surface area (Å²) < 4.78 is 0. The van der Waals surface area contributed by atoms with E-state index < -0.39 is 0 Å². The molecule has 0 radical (unpaired) electrons. The van der Waals surface area contributed by atoms with Gasteiger partial charge in [-0.2, -0.15) is 0 Å². The topological polar surface area (TPSA) is 62.2 Å². The molecule has 0 fully saturated rings. The number of hydrogen-bond donors (Lipinski definition) is 2. The largest absolute Gasteiger partial charge is 0.506 e. The molecule has 4 heteroatoms. The van der Waals surface area contributed by atoms with Crippen molar-refractivity contribution in [3.8, 4) is 17.6 Å². The number of hydrogen-bond acceptors (Lipinski definition) is 3. The Bertz CT molecular complexity index is 405. The highest BCUT2D eigenvalue weighted by Crippen LogP contribution is 2.06. The van der Waals surface area contributed by atoms with Crippen LogP contribution < -0.4 is 5.32 Å². The molecule has 0 spiro atoms. The average Bonchev–Trinajstić information content (AvgIpc) is 2.17. The molecule has 2 N–H and O–H groups in total. The summed E-state index contributed by atoms with van der Waals surface area (Å²) in [6.45, 7) is 2.00. The number of carbonyl (C=O) groups excluding carboxylic acids is 1. The standard InChI is InChI=1S/C11H12N2O2/c1-9(14)13-5-3-2-4-10-6-11(15)8-12-7-10/h6-8,15H,3,5H2,1H3,(H,13,14). The first kappa shape index (κ1) is 11.1. The number of carbonyl (C=O) groups is 1. The molecule has 0 saturated heterocycles. The van der Waals surface area contributed by atoms with E-state index in [1.165, 1.54) is 13.1 Å². The minimum absolute atomic E-state index is 0.0594. The number of aromatic nitrogens is 1. The van der Waals surface area contributed by atoms with Crippen molar-refractivity contribution in [1.29, 1.82) is 0 Å². The van der Waals surface area contributed by atoms with Crippen LogP contribution in [0.2, 0.25) is 0 Å². The maximum atomic E-state index is 10.5. The first-order valence-electron chi connectivity index (χ1n) is 4.56. The molecule has 78 valence electrons. The van der Waals surface area contributed by atoms with E-state index in [1.807, 2.05) is 0 Å². The van der Waals surface area contributed by atoms with E-state index in [9.17, 15) is 4.79 Å². The summed E-state index contributed by atoms with van der Waals surface area (Å²) in [5.41, 5.74) is 0.665. The second kappa shape index (κ2) is 5.66. The van der Waals surface area contributed by atoms with Crippen molar-refractivity contribution in [2.24, 2.45) is 0 Å². The number of nitrogens with zero attached hydrogens (tertiary/aromatic N) is 1. The summed E-state index contributed by atoms with van der Waals surface area (Å²) in [6.07, 6.45) is 3.50. The van der Waals surface area contributed by atoms with E-state index in [-0.39, 0.29) is 11.7 Å². The Labute approximate surface area is 88.3 Å². The van der Waals surface area contributed by atoms with E-state index in [1.54, 1.807) is 12.3 Å². The lowest BCUT2D eigenvalue weighted by atomic mass is 10.2. The number of rotatable bonds is 2. The average molecular weight is 204 g/mol. The lowest BCUT2D eigenvalue weighted by Gasteiger charge is -1.94. The molecule has 0 bridgehead atoms. The van der Waals surface area contributed by atoms with Crippen LogP contribution in [0.1, 0.15) is 18.9 Å². The Hall–Kier alpha value is -2.02. The van der Waals surface area contributed by atoms with E-state index in [0.29, 0.717) is 18.5 Å². The second-order valence-corrected chi connectivity index (χ2v) is 2.97. The molecule has 4 nitrogen and oxygen atoms in total. The number of amides is 1. The van der Waals surface area contributed by atoms with Gasteiger partial charge in [0, 0.05) is 31.6 Å². The van der Waals surface area contributed by atoms with Gasteiger partial charge in [0.2, 0.25) is 5.91 Å². The zero-order valence-electron chi connectivity index (χ0n) is 8.45. The number of nitrogens with one attached hydrogen (secondary N) is 1. The zero-order chi connectivity index (χ0) is 11.1. The minimum Gasteiger partial charge on any atom is -0.506 e. The van der Waals surface area contributed by atoms with Crippen molar-refractivity contribution in [3.05, 3.63) is 24.0 Å². The molecule has 1 amide bonds. The van der Waals surface area contributed by atoms with Crippen LogP contribution in [0.25, 0.3) is 0 Å². The van der Waals surface area contributed by atoms with Crippen molar-refractivity contribution in [1.82, 2.24) is 10.3 Å². The Morgan fingerprint density at radius 1 is 1.60 bits per heavy atom. The van der Waals surface area contributed by atoms with E-state index >= 15 is 0 Å². The molecule has 1 rings (SSSR count). The maximum Gasteiger partial charge on any atom is 0.216 e. The Kier molecular flexibility index (Phi) is 4.17. The zero-order valence-corrected chi connectivity index (χ0v) is 8.45. The Morgan fingerprint density at radius 3 is 3.07 bits per heavy atom. The first-order chi connectivity index (χ1) is 7.18. The van der Waals surface area contributed by atoms with Crippen LogP contribution in [0.3, 0.4) is 0 Å². The molecule has 0 unspecified atom stereocenters. The summed E-state index contributed by atoms with van der Waals surface area (Å²) >= 11 is 0. The van der Waals surface area contributed by atoms with Crippen LogP contribution in [0, 0.1) is 11.8 Å². The molecule has 1 aromatic rings. The van der Waals surface area contributed by atoms with E-state index in [0.717, 1.165) is 0 Å². The molecular weight excluding hydrogens is 192 g/mol. The van der Waals surface area contributed by atoms with E-state index in [2.05, 4.69) is 22.1 Å². The first-order valence-corrected chi connectivity index (χ1v) is 4.56. The summed E-state index contributed by atoms with van der Waals surface area (Å²) in [7, 11) is 0. The molecule has 0 atom stereocenters. The molecule has 0 aromatic carbocycles. The molecular formula is C11H12N2O2. The van der Waals surface area contributed by atoms with Gasteiger partial charge < -0.3 is 10.4 Å². The fourth-order valence-corrected chi connectivity index (χ4v) is 0.962. The maximum absolute atomic E-state index is 10.5. The van der Waals surface area contributed by atoms with Gasteiger partial charge in [-0.25, -0.2) is 0 Å². The third-order valence-corrected chi connectivity index (χ3v) is 1.58. The van der Waals surface area contributed by atoms with Crippen molar-refractivity contribution in [3.63, 3.8) is 0 Å². The summed E-state index contributed by atoms with van der Waals surface area (Å²) in [5.74, 6) is 5.75. The summed E-state index contributed by atoms with van der Waals surface area (Å²) in [4.78, 5) is 14.3. The predicted molar refractivity (Wildman–Crippen MR) is 56.1 cm³/mol. The fourth-order valence-electron chi connectivity index (χ4n) is 0.962. The molecule has 1 aromatic heterocycles. The highest BCUT2D eigenvalue weighted by atomic mass is 16.3. The van der Waals surface area contributed by atoms with Crippen molar-refractivity contribution >= 4 is 5.91 Å². The van der Waals surface area contributed by atoms with Gasteiger partial charge in [-0.3, -0.25) is 9.78 Å². The van der Waals surface area contributed by atoms with Gasteiger partial charge in [0.05, 0.1) is 6.20 Å². The molecule has 15 heavy (non-hydrogen) atoms. The van der Waals surface area contributed by atoms with Crippen LogP contribution in [-0.4, -0.2) is 22.5 Å². The third-order valence-electron chi connectivity index (χ3n) is 1.58. The van der Waals surface area contributed by atoms with Gasteiger partial charge in [0.25, 0.3) is 0 Å². The van der Waals surface area contributed by atoms with Crippen LogP contribution in [0.5, 0.6) is 5.75 Å². The molecule has 1 heterocycles. The number of pyridine rings is 1. The summed E-state index contributed by atoms with van der Waals surface area (Å²) in [5, 5.41) is 11.7. The molecule has 0 aliphatic rings. The van der Waals surface area contributed by atoms with Crippen molar-refractivity contribution in [2.75, 3.05) is 6.54 Å². The second-order valence-electron chi connectivity index (χ2n) is 2.97. The monoisotopic (exact) mass is 204 g/mol. The highest BCUT2D eigenvalue weighted by molar-refractivity contribution is 5.72. The van der Waals surface area contributed by atoms with Crippen LogP contribution >= 0.6 is 0 Å². The van der Waals surface area contributed by atoms with Gasteiger partial charge >= 0.3 is 0 Å². The Balaban J connectivity index is 2.41. The quantitative estimate of drug-likeness (QED) is 0.549. The van der Waals surface area contributed by atoms with Gasteiger partial charge in [0.1, 0.15) is 5.75 Å². The van der Waals surface area contributed by atoms with Crippen molar-refractivity contribution in [2.45, 2.75) is 13.3 Å². The smallest absolute Gasteiger partial charge is 0.216 e. The third kappa shape index (κ3) is 4.67. The van der Waals surface area contributed by atoms with Gasteiger partial charge in [0.15, 0.2) is 0 Å². The lowest BCUT2D eigenvalue weighted by molar-refractivity contribution is -0.118. The molecule has 0 saturated carbocycles. The summed E-state index contributed by atoms with van der Waals surface area (Å²) in [6, 6.07) is 1.54. The van der Waals surface area contributed by atoms with Gasteiger partial charge in [-0.1, -0.05) is 11.8 Å². The van der Waals surface area contributed by atoms with Gasteiger partial charge in [-0.15, -0.1) is 0 Å². The molecule has 0 aliphatic heterocycles. The predicted octanol–water partition coefficient (Wildman–Crippen LogP) is 0.665. The normalized spacial score (nSPS) is 8.87. The van der Waals surface area contributed by atoms with Crippen LogP contribution in [0.4, 0.5) is 0 Å². The van der Waals surface area contributed by atoms with Gasteiger partial charge in [-0.05, 0) is 6.07 Å². The van der Waals surface area contributed by atoms with Crippen LogP contribution in [-0.2, 0) is 4.79 Å². The minimum atomic E-state index is -0.0594. The SMILES string of the molecule is CC(=O)NCCC#Cc1cncc(O)c1. The molecule has 0 aliphatic carbocycles. The lowest BCUT2D eigenvalue weighted by Crippen LogP contribution is -2.20. The Morgan fingerprint density at radius 2 is 2.40 bits per heavy atom.